The Morgan fingerprint density at radius 2 is 1.48 bits per heavy atom. The van der Waals surface area contributed by atoms with Gasteiger partial charge >= 0.3 is 6.09 Å². The van der Waals surface area contributed by atoms with Crippen molar-refractivity contribution < 1.29 is 19.1 Å². The van der Waals surface area contributed by atoms with E-state index in [2.05, 4.69) is 10.6 Å². The number of nitrogens with one attached hydrogen (secondary N) is 2. The van der Waals surface area contributed by atoms with Gasteiger partial charge in [0.05, 0.1) is 6.54 Å². The number of carbonyl (C=O) groups excluding carboxylic acids is 3. The summed E-state index contributed by atoms with van der Waals surface area (Å²) >= 11 is 0. The van der Waals surface area contributed by atoms with Crippen LogP contribution in [0.15, 0.2) is 103 Å². The van der Waals surface area contributed by atoms with Crippen molar-refractivity contribution in [3.63, 3.8) is 0 Å². The summed E-state index contributed by atoms with van der Waals surface area (Å²) in [6, 6.07) is 30.9. The van der Waals surface area contributed by atoms with E-state index in [0.29, 0.717) is 23.4 Å². The third-order valence-corrected chi connectivity index (χ3v) is 6.92. The molecule has 0 bridgehead atoms. The minimum atomic E-state index is -0.902. The molecule has 0 radical (unpaired) electrons. The van der Waals surface area contributed by atoms with Crippen LogP contribution in [0.4, 0.5) is 10.5 Å². The van der Waals surface area contributed by atoms with Gasteiger partial charge < -0.3 is 15.4 Å². The molecule has 1 saturated heterocycles. The highest BCUT2D eigenvalue weighted by Crippen LogP contribution is 2.35. The molecule has 2 N–H and O–H groups in total. The van der Waals surface area contributed by atoms with Crippen molar-refractivity contribution in [3.8, 4) is 0 Å². The first-order chi connectivity index (χ1) is 19.4. The molecule has 0 spiro atoms. The molecule has 1 heterocycles. The molecule has 40 heavy (non-hydrogen) atoms. The Hall–Kier alpha value is -4.91. The molecule has 7 nitrogen and oxygen atoms in total. The van der Waals surface area contributed by atoms with Gasteiger partial charge in [-0.3, -0.25) is 14.5 Å². The van der Waals surface area contributed by atoms with E-state index in [9.17, 15) is 14.4 Å². The number of amides is 3. The average molecular weight is 534 g/mol. The number of hydrogen-bond acceptors (Lipinski definition) is 4. The van der Waals surface area contributed by atoms with Gasteiger partial charge in [-0.25, -0.2) is 4.79 Å². The molecule has 0 unspecified atom stereocenters. The predicted octanol–water partition coefficient (Wildman–Crippen LogP) is 5.93. The highest BCUT2D eigenvalue weighted by molar-refractivity contribution is 6.04. The number of aryl methyl sites for hydroxylation is 2. The Bertz CT molecular complexity index is 1500. The zero-order valence-corrected chi connectivity index (χ0v) is 22.5. The van der Waals surface area contributed by atoms with E-state index in [-0.39, 0.29) is 18.4 Å². The van der Waals surface area contributed by atoms with Crippen LogP contribution in [0.2, 0.25) is 0 Å². The number of nitrogens with zero attached hydrogens (tertiary/aromatic N) is 1. The molecule has 5 rings (SSSR count). The molecule has 3 amide bonds. The fourth-order valence-electron chi connectivity index (χ4n) is 4.69. The Morgan fingerprint density at radius 3 is 2.17 bits per heavy atom. The second-order valence-corrected chi connectivity index (χ2v) is 10.0. The molecule has 1 fully saturated rings. The van der Waals surface area contributed by atoms with Gasteiger partial charge in [-0.15, -0.1) is 0 Å². The molecule has 2 atom stereocenters. The van der Waals surface area contributed by atoms with E-state index >= 15 is 0 Å². The highest BCUT2D eigenvalue weighted by atomic mass is 16.6. The first-order valence-electron chi connectivity index (χ1n) is 13.2. The van der Waals surface area contributed by atoms with Crippen molar-refractivity contribution in [2.24, 2.45) is 0 Å². The first kappa shape index (κ1) is 26.7. The third kappa shape index (κ3) is 6.21. The molecule has 0 saturated carbocycles. The van der Waals surface area contributed by atoms with Gasteiger partial charge in [-0.05, 0) is 54.8 Å². The zero-order valence-electron chi connectivity index (χ0n) is 22.5. The van der Waals surface area contributed by atoms with Crippen molar-refractivity contribution in [1.29, 1.82) is 0 Å². The van der Waals surface area contributed by atoms with Crippen molar-refractivity contribution >= 4 is 23.6 Å². The summed E-state index contributed by atoms with van der Waals surface area (Å²) in [7, 11) is 0. The summed E-state index contributed by atoms with van der Waals surface area (Å²) in [5, 5.41) is 5.88. The molecule has 202 valence electrons. The molecule has 4 aromatic carbocycles. The lowest BCUT2D eigenvalue weighted by Gasteiger charge is -2.24. The summed E-state index contributed by atoms with van der Waals surface area (Å²) in [6.45, 7) is 4.50. The Labute approximate surface area is 233 Å². The number of carbonyl (C=O) groups is 3. The molecule has 4 aromatic rings. The van der Waals surface area contributed by atoms with E-state index in [4.69, 9.17) is 4.74 Å². The zero-order chi connectivity index (χ0) is 28.1. The van der Waals surface area contributed by atoms with Crippen LogP contribution in [0, 0.1) is 13.8 Å². The van der Waals surface area contributed by atoms with Crippen LogP contribution in [0.25, 0.3) is 0 Å². The molecule has 0 aromatic heterocycles. The molecule has 0 aliphatic carbocycles. The van der Waals surface area contributed by atoms with Gasteiger partial charge in [0.25, 0.3) is 5.91 Å². The Morgan fingerprint density at radius 1 is 0.800 bits per heavy atom. The monoisotopic (exact) mass is 533 g/mol. The van der Waals surface area contributed by atoms with E-state index in [1.807, 2.05) is 80.6 Å². The summed E-state index contributed by atoms with van der Waals surface area (Å²) in [5.41, 5.74) is 5.69. The number of ether oxygens (including phenoxy) is 1. The number of benzene rings is 4. The van der Waals surface area contributed by atoms with Crippen LogP contribution in [-0.2, 0) is 22.6 Å². The maximum Gasteiger partial charge on any atom is 0.411 e. The molecular weight excluding hydrogens is 502 g/mol. The number of hydrogen-bond donors (Lipinski definition) is 2. The maximum absolute atomic E-state index is 13.6. The lowest BCUT2D eigenvalue weighted by molar-refractivity contribution is -0.126. The first-order valence-corrected chi connectivity index (χ1v) is 13.2. The van der Waals surface area contributed by atoms with E-state index < -0.39 is 18.2 Å². The second kappa shape index (κ2) is 11.9. The van der Waals surface area contributed by atoms with Gasteiger partial charge in [0.15, 0.2) is 12.1 Å². The van der Waals surface area contributed by atoms with Crippen molar-refractivity contribution in [2.75, 3.05) is 5.32 Å². The van der Waals surface area contributed by atoms with Gasteiger partial charge in [-0.1, -0.05) is 90.0 Å². The SMILES string of the molecule is Cc1ccc(CN2C(=O)O[C@H](c3cccc(NC(=O)c4ccc(C)cc4)c3)[C@H]2C(=O)NCc2ccccc2)cc1. The number of rotatable bonds is 8. The highest BCUT2D eigenvalue weighted by Gasteiger charge is 2.47. The van der Waals surface area contributed by atoms with Crippen molar-refractivity contribution in [3.05, 3.63) is 137 Å². The topological polar surface area (TPSA) is 87.7 Å². The van der Waals surface area contributed by atoms with Gasteiger partial charge in [0.2, 0.25) is 5.91 Å². The van der Waals surface area contributed by atoms with Crippen LogP contribution >= 0.6 is 0 Å². The largest absolute Gasteiger partial charge is 0.438 e. The fraction of sp³-hybridized carbons (Fsp3) is 0.182. The Kier molecular flexibility index (Phi) is 7.92. The van der Waals surface area contributed by atoms with Crippen LogP contribution in [0.5, 0.6) is 0 Å². The fourth-order valence-corrected chi connectivity index (χ4v) is 4.69. The maximum atomic E-state index is 13.6. The van der Waals surface area contributed by atoms with Gasteiger partial charge in [-0.2, -0.15) is 0 Å². The number of anilines is 1. The summed E-state index contributed by atoms with van der Waals surface area (Å²) in [5.74, 6) is -0.570. The standard InChI is InChI=1S/C33H31N3O4/c1-22-11-15-25(16-12-22)21-36-29(32(38)34-20-24-7-4-3-5-8-24)30(40-33(36)39)27-9-6-10-28(19-27)35-31(37)26-17-13-23(2)14-18-26/h3-19,29-30H,20-21H2,1-2H3,(H,34,38)(H,35,37)/t29-,30+/m0/s1. The van der Waals surface area contributed by atoms with Crippen molar-refractivity contribution in [2.45, 2.75) is 39.1 Å². The number of cyclic esters (lactones) is 1. The lowest BCUT2D eigenvalue weighted by Crippen LogP contribution is -2.46. The molecule has 7 heteroatoms. The summed E-state index contributed by atoms with van der Waals surface area (Å²) < 4.78 is 5.81. The molecule has 1 aliphatic rings. The average Bonchev–Trinajstić information content (AvgIpc) is 3.29. The quantitative estimate of drug-likeness (QED) is 0.294. The van der Waals surface area contributed by atoms with Crippen LogP contribution in [0.3, 0.4) is 0 Å². The smallest absolute Gasteiger partial charge is 0.411 e. The van der Waals surface area contributed by atoms with E-state index in [1.165, 1.54) is 4.90 Å². The lowest BCUT2D eigenvalue weighted by atomic mass is 9.99. The van der Waals surface area contributed by atoms with E-state index in [1.54, 1.807) is 36.4 Å². The minimum absolute atomic E-state index is 0.225. The Balaban J connectivity index is 1.40. The van der Waals surface area contributed by atoms with Crippen LogP contribution in [-0.4, -0.2) is 28.8 Å². The second-order valence-electron chi connectivity index (χ2n) is 10.0. The summed E-state index contributed by atoms with van der Waals surface area (Å²) in [6.07, 6.45) is -1.43. The normalized spacial score (nSPS) is 16.4. The van der Waals surface area contributed by atoms with Crippen molar-refractivity contribution in [1.82, 2.24) is 10.2 Å². The minimum Gasteiger partial charge on any atom is -0.438 e. The van der Waals surface area contributed by atoms with Gasteiger partial charge in [0, 0.05) is 17.8 Å². The van der Waals surface area contributed by atoms with Crippen LogP contribution < -0.4 is 10.6 Å². The van der Waals surface area contributed by atoms with E-state index in [0.717, 1.165) is 22.3 Å². The third-order valence-electron chi connectivity index (χ3n) is 6.92. The van der Waals surface area contributed by atoms with Gasteiger partial charge in [0.1, 0.15) is 0 Å². The summed E-state index contributed by atoms with van der Waals surface area (Å²) in [4.78, 5) is 41.0. The molecular formula is C33H31N3O4. The predicted molar refractivity (Wildman–Crippen MR) is 154 cm³/mol. The van der Waals surface area contributed by atoms with Crippen LogP contribution in [0.1, 0.15) is 44.3 Å². The molecule has 1 aliphatic heterocycles.